The molecule has 3 aromatic rings. The molecule has 0 saturated carbocycles. The van der Waals surface area contributed by atoms with Crippen molar-refractivity contribution in [1.29, 1.82) is 0 Å². The largest absolute Gasteiger partial charge is 0.493 e. The van der Waals surface area contributed by atoms with E-state index in [2.05, 4.69) is 51.0 Å². The van der Waals surface area contributed by atoms with Gasteiger partial charge in [-0.05, 0) is 54.9 Å². The standard InChI is InChI=1S/C21H21BrN4OS/c1-4-11-26-17-10-9-15(22)12-16(17)19(20(26)27)24-25-21(28)23-18-13(3)7-6-8-14(18)5-2/h4,6-10,12,27H,1,5,11H2,2-3H3,(H,23,28). The molecule has 0 saturated heterocycles. The van der Waals surface area contributed by atoms with Crippen molar-refractivity contribution >= 4 is 55.5 Å². The van der Waals surface area contributed by atoms with E-state index in [4.69, 9.17) is 12.2 Å². The fraction of sp³-hybridized carbons (Fsp3) is 0.190. The van der Waals surface area contributed by atoms with Gasteiger partial charge in [-0.2, -0.15) is 0 Å². The lowest BCUT2D eigenvalue weighted by molar-refractivity contribution is 0.431. The molecule has 1 heterocycles. The number of para-hydroxylation sites is 1. The predicted octanol–water partition coefficient (Wildman–Crippen LogP) is 6.65. The molecule has 0 atom stereocenters. The number of rotatable bonds is 5. The number of fused-ring (bicyclic) bond motifs is 1. The molecule has 1 aromatic heterocycles. The molecule has 3 rings (SSSR count). The molecule has 28 heavy (non-hydrogen) atoms. The number of aromatic nitrogens is 1. The van der Waals surface area contributed by atoms with Crippen molar-refractivity contribution in [2.75, 3.05) is 5.32 Å². The van der Waals surface area contributed by atoms with E-state index in [1.165, 1.54) is 0 Å². The zero-order valence-corrected chi connectivity index (χ0v) is 18.1. The summed E-state index contributed by atoms with van der Waals surface area (Å²) in [7, 11) is 0. The fourth-order valence-corrected chi connectivity index (χ4v) is 3.64. The van der Waals surface area contributed by atoms with Gasteiger partial charge in [0.25, 0.3) is 0 Å². The quantitative estimate of drug-likeness (QED) is 0.256. The van der Waals surface area contributed by atoms with Gasteiger partial charge in [0.2, 0.25) is 11.0 Å². The Morgan fingerprint density at radius 2 is 2.14 bits per heavy atom. The van der Waals surface area contributed by atoms with E-state index < -0.39 is 0 Å². The molecule has 2 N–H and O–H groups in total. The molecule has 0 amide bonds. The second kappa shape index (κ2) is 8.67. The van der Waals surface area contributed by atoms with E-state index in [1.54, 1.807) is 10.6 Å². The van der Waals surface area contributed by atoms with Gasteiger partial charge in [0.05, 0.1) is 5.52 Å². The van der Waals surface area contributed by atoms with Gasteiger partial charge in [0.1, 0.15) is 0 Å². The van der Waals surface area contributed by atoms with Crippen LogP contribution in [0.1, 0.15) is 18.1 Å². The number of benzene rings is 2. The van der Waals surface area contributed by atoms with Gasteiger partial charge in [-0.3, -0.25) is 0 Å². The first kappa shape index (κ1) is 20.2. The van der Waals surface area contributed by atoms with Gasteiger partial charge >= 0.3 is 0 Å². The first-order valence-electron chi connectivity index (χ1n) is 8.89. The van der Waals surface area contributed by atoms with Gasteiger partial charge in [-0.15, -0.1) is 16.8 Å². The third-order valence-electron chi connectivity index (χ3n) is 4.50. The highest BCUT2D eigenvalue weighted by atomic mass is 79.9. The minimum absolute atomic E-state index is 0.0321. The molecule has 2 aromatic carbocycles. The summed E-state index contributed by atoms with van der Waals surface area (Å²) >= 11 is 8.83. The van der Waals surface area contributed by atoms with Crippen LogP contribution in [-0.2, 0) is 13.0 Å². The lowest BCUT2D eigenvalue weighted by Crippen LogP contribution is -2.08. The Morgan fingerprint density at radius 3 is 2.86 bits per heavy atom. The lowest BCUT2D eigenvalue weighted by atomic mass is 10.1. The lowest BCUT2D eigenvalue weighted by Gasteiger charge is -2.12. The van der Waals surface area contributed by atoms with Crippen LogP contribution < -0.4 is 5.32 Å². The zero-order chi connectivity index (χ0) is 20.3. The fourth-order valence-electron chi connectivity index (χ4n) is 3.14. The van der Waals surface area contributed by atoms with Crippen LogP contribution in [0, 0.1) is 6.92 Å². The van der Waals surface area contributed by atoms with E-state index in [-0.39, 0.29) is 11.0 Å². The van der Waals surface area contributed by atoms with Crippen molar-refractivity contribution in [2.24, 2.45) is 10.2 Å². The van der Waals surface area contributed by atoms with Crippen molar-refractivity contribution in [1.82, 2.24) is 4.57 Å². The Bertz CT molecular complexity index is 1090. The van der Waals surface area contributed by atoms with Gasteiger partial charge < -0.3 is 15.0 Å². The summed E-state index contributed by atoms with van der Waals surface area (Å²) in [6, 6.07) is 11.8. The Morgan fingerprint density at radius 1 is 1.36 bits per heavy atom. The molecule has 0 radical (unpaired) electrons. The Kier molecular flexibility index (Phi) is 6.26. The Balaban J connectivity index is 1.95. The third kappa shape index (κ3) is 4.00. The summed E-state index contributed by atoms with van der Waals surface area (Å²) in [5, 5.41) is 23.2. The highest BCUT2D eigenvalue weighted by Crippen LogP contribution is 2.40. The molecule has 5 nitrogen and oxygen atoms in total. The van der Waals surface area contributed by atoms with E-state index in [9.17, 15) is 5.11 Å². The molecule has 0 aliphatic carbocycles. The summed E-state index contributed by atoms with van der Waals surface area (Å²) in [6.07, 6.45) is 2.60. The van der Waals surface area contributed by atoms with Crippen LogP contribution in [0.15, 0.2) is 63.8 Å². The number of anilines is 1. The second-order valence-electron chi connectivity index (χ2n) is 6.33. The predicted molar refractivity (Wildman–Crippen MR) is 123 cm³/mol. The number of nitrogens with one attached hydrogen (secondary N) is 1. The van der Waals surface area contributed by atoms with Gasteiger partial charge in [-0.1, -0.05) is 47.1 Å². The molecule has 144 valence electrons. The van der Waals surface area contributed by atoms with Crippen molar-refractivity contribution in [3.05, 3.63) is 64.7 Å². The van der Waals surface area contributed by atoms with Crippen molar-refractivity contribution in [3.8, 4) is 5.88 Å². The van der Waals surface area contributed by atoms with Crippen LogP contribution in [0.3, 0.4) is 0 Å². The molecule has 0 aliphatic rings. The maximum Gasteiger partial charge on any atom is 0.221 e. The van der Waals surface area contributed by atoms with Crippen LogP contribution in [0.5, 0.6) is 5.88 Å². The number of aromatic hydroxyl groups is 1. The summed E-state index contributed by atoms with van der Waals surface area (Å²) in [5.41, 5.74) is 4.43. The molecule has 7 heteroatoms. The van der Waals surface area contributed by atoms with Crippen LogP contribution in [-0.4, -0.2) is 14.8 Å². The van der Waals surface area contributed by atoms with Crippen molar-refractivity contribution in [3.63, 3.8) is 0 Å². The smallest absolute Gasteiger partial charge is 0.221 e. The third-order valence-corrected chi connectivity index (χ3v) is 5.17. The second-order valence-corrected chi connectivity index (χ2v) is 7.63. The number of halogens is 1. The van der Waals surface area contributed by atoms with E-state index >= 15 is 0 Å². The number of azo groups is 1. The average Bonchev–Trinajstić information content (AvgIpc) is 2.92. The number of hydrogen-bond acceptors (Lipinski definition) is 3. The maximum atomic E-state index is 10.6. The molecular weight excluding hydrogens is 436 g/mol. The molecule has 0 spiro atoms. The van der Waals surface area contributed by atoms with E-state index in [0.717, 1.165) is 38.6 Å². The maximum absolute atomic E-state index is 10.6. The molecule has 0 bridgehead atoms. The van der Waals surface area contributed by atoms with Gasteiger partial charge in [-0.25, -0.2) is 0 Å². The van der Waals surface area contributed by atoms with E-state index in [0.29, 0.717) is 12.2 Å². The number of allylic oxidation sites excluding steroid dienone is 1. The zero-order valence-electron chi connectivity index (χ0n) is 15.7. The summed E-state index contributed by atoms with van der Waals surface area (Å²) in [4.78, 5) is 0. The van der Waals surface area contributed by atoms with Crippen LogP contribution in [0.2, 0.25) is 0 Å². The summed E-state index contributed by atoms with van der Waals surface area (Å²) < 4.78 is 2.62. The monoisotopic (exact) mass is 456 g/mol. The Hall–Kier alpha value is -2.51. The highest BCUT2D eigenvalue weighted by molar-refractivity contribution is 9.10. The normalized spacial score (nSPS) is 11.2. The highest BCUT2D eigenvalue weighted by Gasteiger charge is 2.16. The number of thiocarbonyl (C=S) groups is 1. The minimum Gasteiger partial charge on any atom is -0.493 e. The molecule has 0 aliphatic heterocycles. The Labute approximate surface area is 177 Å². The first-order valence-corrected chi connectivity index (χ1v) is 10.1. The first-order chi connectivity index (χ1) is 13.5. The minimum atomic E-state index is 0.0321. The average molecular weight is 457 g/mol. The SMILES string of the molecule is C=CCn1c(O)c(N=NC(=S)Nc2c(C)cccc2CC)c2cc(Br)ccc21. The van der Waals surface area contributed by atoms with Gasteiger partial charge in [0, 0.05) is 22.1 Å². The van der Waals surface area contributed by atoms with Crippen LogP contribution in [0.25, 0.3) is 10.9 Å². The van der Waals surface area contributed by atoms with Crippen molar-refractivity contribution < 1.29 is 5.11 Å². The summed E-state index contributed by atoms with van der Waals surface area (Å²) in [6.45, 7) is 8.33. The van der Waals surface area contributed by atoms with E-state index in [1.807, 2.05) is 37.3 Å². The molecule has 0 unspecified atom stereocenters. The topological polar surface area (TPSA) is 61.9 Å². The molecule has 0 fully saturated rings. The summed E-state index contributed by atoms with van der Waals surface area (Å²) in [5.74, 6) is 0.0321. The number of aryl methyl sites for hydroxylation is 2. The van der Waals surface area contributed by atoms with Crippen LogP contribution in [0.4, 0.5) is 11.4 Å². The van der Waals surface area contributed by atoms with Gasteiger partial charge in [0.15, 0.2) is 5.69 Å². The number of hydrogen-bond donors (Lipinski definition) is 2. The van der Waals surface area contributed by atoms with Crippen molar-refractivity contribution in [2.45, 2.75) is 26.8 Å². The number of nitrogens with zero attached hydrogens (tertiary/aromatic N) is 3. The molecular formula is C21H21BrN4OS. The van der Waals surface area contributed by atoms with Crippen LogP contribution >= 0.6 is 28.1 Å².